The van der Waals surface area contributed by atoms with E-state index in [0.29, 0.717) is 6.04 Å². The predicted octanol–water partition coefficient (Wildman–Crippen LogP) is 3.10. The molecule has 4 heteroatoms. The Hall–Kier alpha value is -0.510. The van der Waals surface area contributed by atoms with Gasteiger partial charge < -0.3 is 5.32 Å². The summed E-state index contributed by atoms with van der Waals surface area (Å²) in [7, 11) is 0. The lowest BCUT2D eigenvalue weighted by molar-refractivity contribution is -0.120. The van der Waals surface area contributed by atoms with Crippen molar-refractivity contribution < 1.29 is 4.79 Å². The summed E-state index contributed by atoms with van der Waals surface area (Å²) in [5.41, 5.74) is 0. The maximum absolute atomic E-state index is 12.2. The predicted molar refractivity (Wildman–Crippen MR) is 78.2 cm³/mol. The van der Waals surface area contributed by atoms with E-state index in [9.17, 15) is 4.79 Å². The molecule has 1 amide bonds. The summed E-state index contributed by atoms with van der Waals surface area (Å²) in [5, 5.41) is 4.54. The number of nitrogens with one attached hydrogen (secondary N) is 1. The van der Waals surface area contributed by atoms with Crippen LogP contribution >= 0.6 is 11.8 Å². The third-order valence-corrected chi connectivity index (χ3v) is 6.97. The molecular weight excluding hydrogens is 256 g/mol. The number of hydrogen-bond donors (Lipinski definition) is 1. The summed E-state index contributed by atoms with van der Waals surface area (Å²) in [4.78, 5) is 16.6. The molecule has 2 bridgehead atoms. The molecule has 4 rings (SSSR count). The zero-order valence-corrected chi connectivity index (χ0v) is 12.2. The summed E-state index contributed by atoms with van der Waals surface area (Å²) in [6.07, 6.45) is 11.2. The third kappa shape index (κ3) is 2.03. The quantitative estimate of drug-likeness (QED) is 0.801. The minimum Gasteiger partial charge on any atom is -0.361 e. The summed E-state index contributed by atoms with van der Waals surface area (Å²) < 4.78 is -0.182. The lowest BCUT2D eigenvalue weighted by Crippen LogP contribution is -2.38. The lowest BCUT2D eigenvalue weighted by atomic mass is 9.88. The largest absolute Gasteiger partial charge is 0.361 e. The van der Waals surface area contributed by atoms with Crippen LogP contribution < -0.4 is 5.32 Å². The smallest absolute Gasteiger partial charge is 0.264 e. The second-order valence-electron chi connectivity index (χ2n) is 6.80. The highest BCUT2D eigenvalue weighted by Crippen LogP contribution is 2.47. The highest BCUT2D eigenvalue weighted by atomic mass is 32.2. The Morgan fingerprint density at radius 1 is 1.16 bits per heavy atom. The number of thioether (sulfide) groups is 1. The number of hydrogen-bond acceptors (Lipinski definition) is 3. The van der Waals surface area contributed by atoms with Crippen molar-refractivity contribution in [1.82, 2.24) is 5.32 Å². The first-order chi connectivity index (χ1) is 9.25. The molecule has 0 aromatic rings. The van der Waals surface area contributed by atoms with Crippen LogP contribution in [-0.2, 0) is 4.79 Å². The number of rotatable bonds is 1. The maximum Gasteiger partial charge on any atom is 0.264 e. The van der Waals surface area contributed by atoms with Gasteiger partial charge >= 0.3 is 0 Å². The molecule has 0 radical (unpaired) electrons. The zero-order chi connectivity index (χ0) is 12.9. The highest BCUT2D eigenvalue weighted by molar-refractivity contribution is 8.16. The van der Waals surface area contributed by atoms with Crippen LogP contribution in [0.15, 0.2) is 4.99 Å². The van der Waals surface area contributed by atoms with E-state index in [1.165, 1.54) is 44.9 Å². The van der Waals surface area contributed by atoms with Gasteiger partial charge in [0.15, 0.2) is 5.17 Å². The van der Waals surface area contributed by atoms with Crippen molar-refractivity contribution >= 4 is 22.8 Å². The monoisotopic (exact) mass is 278 g/mol. The number of carbonyl (C=O) groups excluding carboxylic acids is 1. The van der Waals surface area contributed by atoms with Crippen LogP contribution in [0.2, 0.25) is 0 Å². The number of amidine groups is 1. The molecule has 3 fully saturated rings. The van der Waals surface area contributed by atoms with Crippen LogP contribution in [0.3, 0.4) is 0 Å². The van der Waals surface area contributed by atoms with Gasteiger partial charge in [-0.2, -0.15) is 4.99 Å². The van der Waals surface area contributed by atoms with Gasteiger partial charge in [-0.15, -0.1) is 0 Å². The molecule has 104 valence electrons. The summed E-state index contributed by atoms with van der Waals surface area (Å²) in [6, 6.07) is 0.594. The Balaban J connectivity index is 1.43. The van der Waals surface area contributed by atoms with Crippen LogP contribution in [0.1, 0.15) is 57.8 Å². The van der Waals surface area contributed by atoms with Gasteiger partial charge in [0.05, 0.1) is 0 Å². The Labute approximate surface area is 119 Å². The fourth-order valence-electron chi connectivity index (χ4n) is 4.53. The standard InChI is InChI=1S/C15H22N2OS/c18-13-15(6-2-1-3-7-15)19-14(17-13)16-12-9-10-4-5-11(12)8-10/h10-12H,1-9H2,(H,16,17,18). The van der Waals surface area contributed by atoms with Crippen LogP contribution in [0, 0.1) is 11.8 Å². The minimum absolute atomic E-state index is 0.142. The maximum atomic E-state index is 12.2. The van der Waals surface area contributed by atoms with Crippen LogP contribution in [0.25, 0.3) is 0 Å². The fourth-order valence-corrected chi connectivity index (χ4v) is 5.86. The van der Waals surface area contributed by atoms with Crippen LogP contribution in [0.4, 0.5) is 0 Å². The molecule has 1 heterocycles. The highest BCUT2D eigenvalue weighted by Gasteiger charge is 2.47. The first-order valence-electron chi connectivity index (χ1n) is 7.84. The first-order valence-corrected chi connectivity index (χ1v) is 8.65. The zero-order valence-electron chi connectivity index (χ0n) is 11.4. The van der Waals surface area contributed by atoms with Crippen molar-refractivity contribution in [3.05, 3.63) is 0 Å². The first kappa shape index (κ1) is 12.2. The summed E-state index contributed by atoms with van der Waals surface area (Å²) in [6.45, 7) is 0. The second kappa shape index (κ2) is 4.51. The lowest BCUT2D eigenvalue weighted by Gasteiger charge is -2.30. The van der Waals surface area contributed by atoms with Crippen molar-refractivity contribution in [1.29, 1.82) is 0 Å². The molecule has 0 aromatic heterocycles. The Kier molecular flexibility index (Phi) is 2.90. The van der Waals surface area contributed by atoms with E-state index in [2.05, 4.69) is 10.3 Å². The molecule has 4 aliphatic rings. The molecule has 3 saturated carbocycles. The fraction of sp³-hybridized carbons (Fsp3) is 0.867. The van der Waals surface area contributed by atoms with Gasteiger partial charge in [0, 0.05) is 6.04 Å². The number of amides is 1. The van der Waals surface area contributed by atoms with Gasteiger partial charge in [-0.1, -0.05) is 37.4 Å². The molecule has 0 aromatic carbocycles. The van der Waals surface area contributed by atoms with E-state index in [4.69, 9.17) is 0 Å². The van der Waals surface area contributed by atoms with E-state index in [-0.39, 0.29) is 10.7 Å². The summed E-state index contributed by atoms with van der Waals surface area (Å²) in [5.74, 6) is 1.92. The van der Waals surface area contributed by atoms with E-state index in [1.54, 1.807) is 11.8 Å². The molecule has 1 spiro atoms. The number of fused-ring (bicyclic) bond motifs is 2. The molecule has 3 unspecified atom stereocenters. The number of aliphatic imine (C=N–C) groups is 1. The molecule has 3 nitrogen and oxygen atoms in total. The molecule has 0 saturated heterocycles. The van der Waals surface area contributed by atoms with Gasteiger partial charge in [-0.05, 0) is 43.9 Å². The van der Waals surface area contributed by atoms with Crippen LogP contribution in [-0.4, -0.2) is 21.9 Å². The van der Waals surface area contributed by atoms with Crippen molar-refractivity contribution in [2.24, 2.45) is 16.8 Å². The molecule has 3 atom stereocenters. The average Bonchev–Trinajstić information content (AvgIpc) is 3.08. The minimum atomic E-state index is -0.182. The van der Waals surface area contributed by atoms with Crippen LogP contribution in [0.5, 0.6) is 0 Å². The second-order valence-corrected chi connectivity index (χ2v) is 8.18. The SMILES string of the molecule is O=C1N=C(NC2CC3CCC2C3)SC12CCCCC2. The van der Waals surface area contributed by atoms with Gasteiger partial charge in [0.1, 0.15) is 4.75 Å². The molecule has 3 aliphatic carbocycles. The van der Waals surface area contributed by atoms with Crippen molar-refractivity contribution in [2.45, 2.75) is 68.6 Å². The number of nitrogens with zero attached hydrogens (tertiary/aromatic N) is 1. The average molecular weight is 278 g/mol. The molecule has 1 N–H and O–H groups in total. The molecule has 19 heavy (non-hydrogen) atoms. The molecular formula is C15H22N2OS. The van der Waals surface area contributed by atoms with E-state index >= 15 is 0 Å². The van der Waals surface area contributed by atoms with Gasteiger partial charge in [-0.3, -0.25) is 4.79 Å². The van der Waals surface area contributed by atoms with Crippen molar-refractivity contribution in [3.63, 3.8) is 0 Å². The third-order valence-electron chi connectivity index (χ3n) is 5.59. The van der Waals surface area contributed by atoms with E-state index in [1.807, 2.05) is 0 Å². The molecule has 1 aliphatic heterocycles. The van der Waals surface area contributed by atoms with Gasteiger partial charge in [0.25, 0.3) is 5.91 Å². The van der Waals surface area contributed by atoms with Gasteiger partial charge in [-0.25, -0.2) is 0 Å². The Morgan fingerprint density at radius 2 is 2.00 bits per heavy atom. The number of carbonyl (C=O) groups is 1. The van der Waals surface area contributed by atoms with Crippen molar-refractivity contribution in [3.8, 4) is 0 Å². The topological polar surface area (TPSA) is 41.5 Å². The Bertz CT molecular complexity index is 428. The van der Waals surface area contributed by atoms with Crippen molar-refractivity contribution in [2.75, 3.05) is 0 Å². The van der Waals surface area contributed by atoms with Gasteiger partial charge in [0.2, 0.25) is 0 Å². The normalized spacial score (nSPS) is 39.9. The Morgan fingerprint density at radius 3 is 2.68 bits per heavy atom. The summed E-state index contributed by atoms with van der Waals surface area (Å²) >= 11 is 1.75. The van der Waals surface area contributed by atoms with E-state index in [0.717, 1.165) is 29.8 Å². The van der Waals surface area contributed by atoms with E-state index < -0.39 is 0 Å².